The van der Waals surface area contributed by atoms with Crippen molar-refractivity contribution < 1.29 is 8.78 Å². The summed E-state index contributed by atoms with van der Waals surface area (Å²) < 4.78 is 32.4. The molecule has 5 rings (SSSR count). The Morgan fingerprint density at radius 1 is 1.08 bits per heavy atom. The molecule has 0 atom stereocenters. The quantitative estimate of drug-likeness (QED) is 0.275. The maximum absolute atomic E-state index is 14.3. The summed E-state index contributed by atoms with van der Waals surface area (Å²) in [5.74, 6) is 0. The van der Waals surface area contributed by atoms with E-state index in [9.17, 15) is 8.78 Å². The van der Waals surface area contributed by atoms with Crippen molar-refractivity contribution in [1.82, 2.24) is 14.3 Å². The summed E-state index contributed by atoms with van der Waals surface area (Å²) >= 11 is 0. The first kappa shape index (κ1) is 24.0. The number of alkyl halides is 2. The van der Waals surface area contributed by atoms with Gasteiger partial charge in [0, 0.05) is 72.0 Å². The highest BCUT2D eigenvalue weighted by Crippen LogP contribution is 2.43. The van der Waals surface area contributed by atoms with E-state index in [-0.39, 0.29) is 5.56 Å². The molecule has 186 valence electrons. The number of aryl methyl sites for hydroxylation is 3. The Kier molecular flexibility index (Phi) is 6.07. The molecule has 3 heterocycles. The maximum Gasteiger partial charge on any atom is 0.264 e. The number of hydrogen-bond donors (Lipinski definition) is 0. The van der Waals surface area contributed by atoms with Gasteiger partial charge in [0.05, 0.1) is 11.7 Å². The number of aromatic nitrogens is 3. The molecule has 0 saturated carbocycles. The zero-order valence-electron chi connectivity index (χ0n) is 21.4. The number of nitrogens with zero attached hydrogens (tertiary/aromatic N) is 4. The smallest absolute Gasteiger partial charge is 0.264 e. The van der Waals surface area contributed by atoms with Crippen LogP contribution in [0.25, 0.3) is 33.2 Å². The summed E-state index contributed by atoms with van der Waals surface area (Å²) in [5.41, 5.74) is 9.57. The summed E-state index contributed by atoms with van der Waals surface area (Å²) in [7, 11) is 3.85. The number of hydrogen-bond acceptors (Lipinski definition) is 2. The molecule has 0 bridgehead atoms. The lowest BCUT2D eigenvalue weighted by Gasteiger charge is -2.33. The molecule has 4 nitrogen and oxygen atoms in total. The van der Waals surface area contributed by atoms with Crippen molar-refractivity contribution in [1.29, 1.82) is 0 Å². The van der Waals surface area contributed by atoms with Crippen LogP contribution < -0.4 is 4.90 Å². The molecule has 36 heavy (non-hydrogen) atoms. The normalized spacial score (nSPS) is 13.5. The number of halogens is 2. The molecule has 0 spiro atoms. The van der Waals surface area contributed by atoms with E-state index in [1.807, 2.05) is 20.0 Å². The first-order valence-corrected chi connectivity index (χ1v) is 12.4. The average molecular weight is 487 g/mol. The zero-order valence-corrected chi connectivity index (χ0v) is 21.4. The van der Waals surface area contributed by atoms with E-state index in [2.05, 4.69) is 53.0 Å². The molecule has 0 radical (unpaired) electrons. The first-order valence-electron chi connectivity index (χ1n) is 12.4. The second kappa shape index (κ2) is 9.08. The Bertz CT molecular complexity index is 1510. The molecule has 0 amide bonds. The highest BCUT2D eigenvalue weighted by Gasteiger charge is 2.26. The lowest BCUT2D eigenvalue weighted by molar-refractivity contribution is 0.152. The van der Waals surface area contributed by atoms with Gasteiger partial charge < -0.3 is 9.47 Å². The van der Waals surface area contributed by atoms with E-state index in [4.69, 9.17) is 0 Å². The molecule has 0 fully saturated rings. The lowest BCUT2D eigenvalue weighted by atomic mass is 9.92. The second-order valence-electron chi connectivity index (χ2n) is 9.81. The fourth-order valence-electron chi connectivity index (χ4n) is 5.39. The number of rotatable bonds is 6. The summed E-state index contributed by atoms with van der Waals surface area (Å²) in [5, 5.41) is 5.32. The third-order valence-corrected chi connectivity index (χ3v) is 7.26. The van der Waals surface area contributed by atoms with E-state index in [1.165, 1.54) is 0 Å². The van der Waals surface area contributed by atoms with Crippen LogP contribution in [0.4, 0.5) is 20.2 Å². The van der Waals surface area contributed by atoms with Crippen molar-refractivity contribution in [3.8, 4) is 11.1 Å². The van der Waals surface area contributed by atoms with Crippen LogP contribution in [0.15, 0.2) is 56.0 Å². The molecule has 6 heteroatoms. The summed E-state index contributed by atoms with van der Waals surface area (Å²) in [6.07, 6.45) is 5.63. The van der Waals surface area contributed by atoms with Crippen molar-refractivity contribution in [2.45, 2.75) is 39.5 Å². The van der Waals surface area contributed by atoms with Crippen LogP contribution >= 0.6 is 0 Å². The van der Waals surface area contributed by atoms with Crippen LogP contribution in [0, 0.1) is 0 Å². The molecular formula is C30H32F2N4. The van der Waals surface area contributed by atoms with Gasteiger partial charge in [0.25, 0.3) is 6.43 Å². The first-order chi connectivity index (χ1) is 17.2. The molecule has 0 unspecified atom stereocenters. The standard InChI is InChI=1S/C30H32F2N4/c1-7-19(4)27-17-34(5)29-23(18(2)3)12-22(13-25(27)29)36-10-8-9-20-11-24(21-15-33-35(6)16-21)26(30(31)32)14-28(20)36/h11-17,30H,2,4,7-10H2,1,3,5-6H3. The van der Waals surface area contributed by atoms with Crippen LogP contribution in [0.2, 0.25) is 0 Å². The summed E-state index contributed by atoms with van der Waals surface area (Å²) in [6.45, 7) is 13.4. The van der Waals surface area contributed by atoms with Crippen molar-refractivity contribution in [2.75, 3.05) is 11.4 Å². The molecule has 0 aliphatic carbocycles. The fourth-order valence-corrected chi connectivity index (χ4v) is 5.39. The van der Waals surface area contributed by atoms with Gasteiger partial charge >= 0.3 is 0 Å². The van der Waals surface area contributed by atoms with Crippen LogP contribution in [0.3, 0.4) is 0 Å². The molecule has 2 aromatic carbocycles. The third-order valence-electron chi connectivity index (χ3n) is 7.26. The second-order valence-corrected chi connectivity index (χ2v) is 9.81. The number of fused-ring (bicyclic) bond motifs is 2. The molecule has 0 saturated heterocycles. The van der Waals surface area contributed by atoms with E-state index >= 15 is 0 Å². The predicted molar refractivity (Wildman–Crippen MR) is 146 cm³/mol. The van der Waals surface area contributed by atoms with E-state index in [0.29, 0.717) is 11.1 Å². The van der Waals surface area contributed by atoms with Gasteiger partial charge in [-0.2, -0.15) is 5.10 Å². The molecule has 2 aromatic heterocycles. The lowest BCUT2D eigenvalue weighted by Crippen LogP contribution is -2.25. The van der Waals surface area contributed by atoms with Gasteiger partial charge in [-0.3, -0.25) is 4.68 Å². The van der Waals surface area contributed by atoms with E-state index in [1.54, 1.807) is 30.2 Å². The van der Waals surface area contributed by atoms with E-state index in [0.717, 1.165) is 75.9 Å². The minimum absolute atomic E-state index is 0.0367. The van der Waals surface area contributed by atoms with Gasteiger partial charge in [-0.15, -0.1) is 0 Å². The van der Waals surface area contributed by atoms with Crippen LogP contribution in [-0.2, 0) is 20.5 Å². The average Bonchev–Trinajstić information content (AvgIpc) is 3.44. The fraction of sp³-hybridized carbons (Fsp3) is 0.300. The highest BCUT2D eigenvalue weighted by molar-refractivity contribution is 6.01. The Balaban J connectivity index is 1.72. The maximum atomic E-state index is 14.3. The zero-order chi connectivity index (χ0) is 25.7. The Hall–Kier alpha value is -3.67. The van der Waals surface area contributed by atoms with Crippen molar-refractivity contribution in [2.24, 2.45) is 14.1 Å². The van der Waals surface area contributed by atoms with E-state index < -0.39 is 6.43 Å². The SMILES string of the molecule is C=C(CC)c1cn(C)c2c(C(=C)C)cc(N3CCCc4cc(-c5cnn(C)c5)c(C(F)F)cc43)cc12. The largest absolute Gasteiger partial charge is 0.349 e. The molecule has 0 N–H and O–H groups in total. The predicted octanol–water partition coefficient (Wildman–Crippen LogP) is 8.06. The van der Waals surface area contributed by atoms with Crippen molar-refractivity contribution in [3.63, 3.8) is 0 Å². The Labute approximate surface area is 211 Å². The minimum Gasteiger partial charge on any atom is -0.349 e. The number of anilines is 2. The van der Waals surface area contributed by atoms with Gasteiger partial charge in [0.2, 0.25) is 0 Å². The Morgan fingerprint density at radius 2 is 1.86 bits per heavy atom. The third kappa shape index (κ3) is 3.94. The number of benzene rings is 2. The van der Waals surface area contributed by atoms with Gasteiger partial charge in [-0.05, 0) is 72.7 Å². The number of allylic oxidation sites excluding steroid dienone is 2. The van der Waals surface area contributed by atoms with Crippen LogP contribution in [0.1, 0.15) is 55.4 Å². The van der Waals surface area contributed by atoms with Crippen molar-refractivity contribution in [3.05, 3.63) is 78.3 Å². The molecular weight excluding hydrogens is 454 g/mol. The molecule has 1 aliphatic heterocycles. The summed E-state index contributed by atoms with van der Waals surface area (Å²) in [6, 6.07) is 7.95. The molecule has 4 aromatic rings. The van der Waals surface area contributed by atoms with Gasteiger partial charge in [0.15, 0.2) is 0 Å². The van der Waals surface area contributed by atoms with Gasteiger partial charge in [-0.25, -0.2) is 8.78 Å². The monoisotopic (exact) mass is 486 g/mol. The van der Waals surface area contributed by atoms with Crippen LogP contribution in [0.5, 0.6) is 0 Å². The van der Waals surface area contributed by atoms with Crippen LogP contribution in [-0.4, -0.2) is 20.9 Å². The van der Waals surface area contributed by atoms with Gasteiger partial charge in [0.1, 0.15) is 0 Å². The van der Waals surface area contributed by atoms with Gasteiger partial charge in [-0.1, -0.05) is 20.1 Å². The summed E-state index contributed by atoms with van der Waals surface area (Å²) in [4.78, 5) is 2.19. The Morgan fingerprint density at radius 3 is 2.50 bits per heavy atom. The molecule has 1 aliphatic rings. The highest BCUT2D eigenvalue weighted by atomic mass is 19.3. The topological polar surface area (TPSA) is 26.0 Å². The van der Waals surface area contributed by atoms with Crippen molar-refractivity contribution >= 4 is 33.4 Å². The minimum atomic E-state index is -2.59.